The summed E-state index contributed by atoms with van der Waals surface area (Å²) in [6.45, 7) is -1.96. The zero-order valence-corrected chi connectivity index (χ0v) is 11.1. The van der Waals surface area contributed by atoms with Crippen LogP contribution in [0.15, 0.2) is 34.4 Å². The lowest BCUT2D eigenvalue weighted by molar-refractivity contribution is -0.0498. The van der Waals surface area contributed by atoms with Gasteiger partial charge < -0.3 is 4.74 Å². The van der Waals surface area contributed by atoms with E-state index in [9.17, 15) is 8.78 Å². The average Bonchev–Trinajstić information content (AvgIpc) is 2.69. The molecule has 20 heavy (non-hydrogen) atoms. The summed E-state index contributed by atoms with van der Waals surface area (Å²) in [5.41, 5.74) is 3.72. The van der Waals surface area contributed by atoms with E-state index in [-0.39, 0.29) is 5.75 Å². The second kappa shape index (κ2) is 7.57. The van der Waals surface area contributed by atoms with Crippen LogP contribution in [-0.4, -0.2) is 25.2 Å². The van der Waals surface area contributed by atoms with Crippen molar-refractivity contribution in [2.24, 2.45) is 10.1 Å². The standard InChI is InChI=1S/C14H17F2N3O/c15-14(16)20-12-7-5-11(6-8-12)10-18-19-13-4-2-1-3-9-17-13/h5-8,10,14H,1-4,9H2,(H,17,19)/b18-10+. The van der Waals surface area contributed by atoms with Gasteiger partial charge in [-0.05, 0) is 42.7 Å². The predicted octanol–water partition coefficient (Wildman–Crippen LogP) is 3.18. The van der Waals surface area contributed by atoms with E-state index in [4.69, 9.17) is 0 Å². The third-order valence-electron chi connectivity index (χ3n) is 2.89. The van der Waals surface area contributed by atoms with Gasteiger partial charge in [-0.25, -0.2) is 0 Å². The molecule has 0 saturated heterocycles. The molecule has 1 aromatic carbocycles. The Morgan fingerprint density at radius 3 is 2.75 bits per heavy atom. The Labute approximate surface area is 116 Å². The fourth-order valence-electron chi connectivity index (χ4n) is 1.88. The van der Waals surface area contributed by atoms with Crippen molar-refractivity contribution in [3.63, 3.8) is 0 Å². The van der Waals surface area contributed by atoms with Crippen LogP contribution in [0.1, 0.15) is 31.2 Å². The first-order valence-corrected chi connectivity index (χ1v) is 6.61. The zero-order chi connectivity index (χ0) is 14.2. The van der Waals surface area contributed by atoms with Crippen molar-refractivity contribution in [3.8, 4) is 5.75 Å². The van der Waals surface area contributed by atoms with Crippen LogP contribution in [0, 0.1) is 0 Å². The van der Waals surface area contributed by atoms with E-state index in [1.54, 1.807) is 18.3 Å². The summed E-state index contributed by atoms with van der Waals surface area (Å²) in [6.07, 6.45) is 5.99. The number of nitrogens with one attached hydrogen (secondary N) is 1. The fourth-order valence-corrected chi connectivity index (χ4v) is 1.88. The van der Waals surface area contributed by atoms with Gasteiger partial charge in [0.05, 0.1) is 6.21 Å². The van der Waals surface area contributed by atoms with Gasteiger partial charge in [0.2, 0.25) is 0 Å². The highest BCUT2D eigenvalue weighted by molar-refractivity contribution is 5.85. The summed E-state index contributed by atoms with van der Waals surface area (Å²) in [4.78, 5) is 4.39. The summed E-state index contributed by atoms with van der Waals surface area (Å²) in [7, 11) is 0. The number of amidine groups is 1. The maximum atomic E-state index is 12.0. The van der Waals surface area contributed by atoms with Gasteiger partial charge >= 0.3 is 6.61 Å². The molecule has 0 unspecified atom stereocenters. The van der Waals surface area contributed by atoms with Crippen molar-refractivity contribution in [2.75, 3.05) is 6.54 Å². The van der Waals surface area contributed by atoms with E-state index >= 15 is 0 Å². The number of rotatable bonds is 4. The molecule has 0 atom stereocenters. The Balaban J connectivity index is 1.86. The third-order valence-corrected chi connectivity index (χ3v) is 2.89. The van der Waals surface area contributed by atoms with E-state index in [0.29, 0.717) is 0 Å². The van der Waals surface area contributed by atoms with Crippen LogP contribution in [0.25, 0.3) is 0 Å². The number of hydrogen-bond donors (Lipinski definition) is 1. The summed E-state index contributed by atoms with van der Waals surface area (Å²) < 4.78 is 28.3. The van der Waals surface area contributed by atoms with E-state index in [1.807, 2.05) is 0 Å². The third kappa shape index (κ3) is 4.95. The molecular formula is C14H17F2N3O. The van der Waals surface area contributed by atoms with Crippen LogP contribution in [0.5, 0.6) is 5.75 Å². The first kappa shape index (κ1) is 14.4. The van der Waals surface area contributed by atoms with E-state index in [1.165, 1.54) is 18.6 Å². The number of alkyl halides is 2. The van der Waals surface area contributed by atoms with Crippen molar-refractivity contribution in [3.05, 3.63) is 29.8 Å². The van der Waals surface area contributed by atoms with Crippen molar-refractivity contribution < 1.29 is 13.5 Å². The molecule has 0 amide bonds. The Bertz CT molecular complexity index is 472. The lowest BCUT2D eigenvalue weighted by Gasteiger charge is -2.04. The lowest BCUT2D eigenvalue weighted by Crippen LogP contribution is -2.17. The van der Waals surface area contributed by atoms with Crippen LogP contribution in [0.4, 0.5) is 8.78 Å². The molecule has 6 heteroatoms. The largest absolute Gasteiger partial charge is 0.435 e. The Kier molecular flexibility index (Phi) is 5.46. The number of halogens is 2. The minimum absolute atomic E-state index is 0.137. The van der Waals surface area contributed by atoms with E-state index in [0.717, 1.165) is 37.2 Å². The smallest absolute Gasteiger partial charge is 0.387 e. The molecule has 4 nitrogen and oxygen atoms in total. The van der Waals surface area contributed by atoms with Crippen molar-refractivity contribution in [2.45, 2.75) is 32.3 Å². The van der Waals surface area contributed by atoms with Crippen LogP contribution in [0.2, 0.25) is 0 Å². The fraction of sp³-hybridized carbons (Fsp3) is 0.429. The van der Waals surface area contributed by atoms with E-state index in [2.05, 4.69) is 20.3 Å². The molecule has 0 radical (unpaired) electrons. The van der Waals surface area contributed by atoms with E-state index < -0.39 is 6.61 Å². The minimum atomic E-state index is -2.80. The van der Waals surface area contributed by atoms with Crippen LogP contribution in [-0.2, 0) is 0 Å². The molecule has 1 aliphatic rings. The van der Waals surface area contributed by atoms with Gasteiger partial charge in [0, 0.05) is 13.0 Å². The lowest BCUT2D eigenvalue weighted by atomic mass is 10.2. The molecular weight excluding hydrogens is 264 g/mol. The van der Waals surface area contributed by atoms with Gasteiger partial charge in [-0.15, -0.1) is 0 Å². The van der Waals surface area contributed by atoms with Gasteiger partial charge in [-0.1, -0.05) is 6.42 Å². The number of nitrogens with zero attached hydrogens (tertiary/aromatic N) is 2. The highest BCUT2D eigenvalue weighted by atomic mass is 19.3. The highest BCUT2D eigenvalue weighted by Gasteiger charge is 2.03. The summed E-state index contributed by atoms with van der Waals surface area (Å²) in [5.74, 6) is 1.04. The van der Waals surface area contributed by atoms with Gasteiger partial charge in [-0.2, -0.15) is 13.9 Å². The summed E-state index contributed by atoms with van der Waals surface area (Å²) in [6, 6.07) is 6.29. The molecule has 0 aliphatic carbocycles. The van der Waals surface area contributed by atoms with Crippen LogP contribution >= 0.6 is 0 Å². The number of aliphatic imine (C=N–C) groups is 1. The molecule has 1 aromatic rings. The molecule has 0 fully saturated rings. The monoisotopic (exact) mass is 281 g/mol. The second-order valence-corrected chi connectivity index (χ2v) is 4.46. The SMILES string of the molecule is FC(F)Oc1ccc(/C=N/NC2=NCCCCC2)cc1. The molecule has 0 saturated carbocycles. The first-order chi connectivity index (χ1) is 9.74. The van der Waals surface area contributed by atoms with Gasteiger partial charge in [0.1, 0.15) is 11.6 Å². The number of ether oxygens (including phenoxy) is 1. The molecule has 0 bridgehead atoms. The molecule has 0 aromatic heterocycles. The predicted molar refractivity (Wildman–Crippen MR) is 74.6 cm³/mol. The normalized spacial score (nSPS) is 16.1. The summed E-state index contributed by atoms with van der Waals surface area (Å²) >= 11 is 0. The van der Waals surface area contributed by atoms with Crippen LogP contribution < -0.4 is 10.2 Å². The average molecular weight is 281 g/mol. The maximum Gasteiger partial charge on any atom is 0.387 e. The van der Waals surface area contributed by atoms with Crippen molar-refractivity contribution >= 4 is 12.1 Å². The Morgan fingerprint density at radius 1 is 1.20 bits per heavy atom. The molecule has 0 spiro atoms. The Hall–Kier alpha value is -1.98. The number of hydrogen-bond acceptors (Lipinski definition) is 4. The van der Waals surface area contributed by atoms with Crippen molar-refractivity contribution in [1.82, 2.24) is 5.43 Å². The number of benzene rings is 1. The van der Waals surface area contributed by atoms with Gasteiger partial charge in [0.25, 0.3) is 0 Å². The quantitative estimate of drug-likeness (QED) is 0.680. The number of hydrazone groups is 1. The topological polar surface area (TPSA) is 46.0 Å². The molecule has 2 rings (SSSR count). The first-order valence-electron chi connectivity index (χ1n) is 6.61. The van der Waals surface area contributed by atoms with Gasteiger partial charge in [-0.3, -0.25) is 10.4 Å². The highest BCUT2D eigenvalue weighted by Crippen LogP contribution is 2.13. The molecule has 1 aliphatic heterocycles. The Morgan fingerprint density at radius 2 is 2.00 bits per heavy atom. The maximum absolute atomic E-state index is 12.0. The van der Waals surface area contributed by atoms with Crippen molar-refractivity contribution in [1.29, 1.82) is 0 Å². The zero-order valence-electron chi connectivity index (χ0n) is 11.1. The minimum Gasteiger partial charge on any atom is -0.435 e. The summed E-state index contributed by atoms with van der Waals surface area (Å²) in [5, 5.41) is 4.10. The second-order valence-electron chi connectivity index (χ2n) is 4.46. The van der Waals surface area contributed by atoms with Gasteiger partial charge in [0.15, 0.2) is 0 Å². The molecule has 1 heterocycles. The molecule has 108 valence electrons. The van der Waals surface area contributed by atoms with Crippen LogP contribution in [0.3, 0.4) is 0 Å². The molecule has 1 N–H and O–H groups in total.